The fourth-order valence-corrected chi connectivity index (χ4v) is 3.00. The van der Waals surface area contributed by atoms with Gasteiger partial charge in [0.15, 0.2) is 0 Å². The molecule has 0 radical (unpaired) electrons. The minimum Gasteiger partial charge on any atom is -0.382 e. The van der Waals surface area contributed by atoms with Crippen molar-refractivity contribution in [1.82, 2.24) is 4.98 Å². The molecule has 2 rings (SSSR count). The van der Waals surface area contributed by atoms with Gasteiger partial charge in [0.1, 0.15) is 10.7 Å². The number of hydrogen-bond acceptors (Lipinski definition) is 4. The molecule has 1 aromatic heterocycles. The van der Waals surface area contributed by atoms with Gasteiger partial charge in [-0.05, 0) is 29.7 Å². The lowest BCUT2D eigenvalue weighted by molar-refractivity contribution is 0.601. The van der Waals surface area contributed by atoms with Crippen molar-refractivity contribution in [3.8, 4) is 0 Å². The average Bonchev–Trinajstić information content (AvgIpc) is 2.41. The molecule has 0 spiro atoms. The van der Waals surface area contributed by atoms with Gasteiger partial charge in [0.05, 0.1) is 5.02 Å². The molecule has 0 amide bonds. The Morgan fingerprint density at radius 2 is 2.00 bits per heavy atom. The summed E-state index contributed by atoms with van der Waals surface area (Å²) >= 11 is 5.81. The summed E-state index contributed by atoms with van der Waals surface area (Å²) in [5.41, 5.74) is 7.02. The molecule has 0 aliphatic rings. The lowest BCUT2D eigenvalue weighted by Crippen LogP contribution is -2.13. The van der Waals surface area contributed by atoms with E-state index in [2.05, 4.69) is 9.71 Å². The Labute approximate surface area is 129 Å². The van der Waals surface area contributed by atoms with E-state index in [1.54, 1.807) is 18.2 Å². The summed E-state index contributed by atoms with van der Waals surface area (Å²) < 4.78 is 27.1. The SMILES string of the molecule is CC(C)c1cccc(NS(=O)(=O)c2cnc(N)c(Cl)c2)c1. The van der Waals surface area contributed by atoms with Crippen molar-refractivity contribution in [1.29, 1.82) is 0 Å². The van der Waals surface area contributed by atoms with E-state index in [-0.39, 0.29) is 15.7 Å². The second-order valence-electron chi connectivity index (χ2n) is 4.92. The van der Waals surface area contributed by atoms with E-state index in [0.717, 1.165) is 5.56 Å². The quantitative estimate of drug-likeness (QED) is 0.903. The molecule has 21 heavy (non-hydrogen) atoms. The smallest absolute Gasteiger partial charge is 0.263 e. The molecule has 1 heterocycles. The first kappa shape index (κ1) is 15.6. The number of pyridine rings is 1. The van der Waals surface area contributed by atoms with E-state index in [1.807, 2.05) is 19.9 Å². The topological polar surface area (TPSA) is 85.1 Å². The Hall–Kier alpha value is -1.79. The number of aromatic nitrogens is 1. The van der Waals surface area contributed by atoms with E-state index >= 15 is 0 Å². The molecule has 1 aromatic carbocycles. The van der Waals surface area contributed by atoms with Crippen LogP contribution in [0.1, 0.15) is 25.3 Å². The molecule has 0 aliphatic heterocycles. The first-order valence-electron chi connectivity index (χ1n) is 6.33. The molecule has 0 aliphatic carbocycles. The van der Waals surface area contributed by atoms with Crippen LogP contribution < -0.4 is 10.5 Å². The third kappa shape index (κ3) is 3.65. The van der Waals surface area contributed by atoms with E-state index in [4.69, 9.17) is 17.3 Å². The summed E-state index contributed by atoms with van der Waals surface area (Å²) in [4.78, 5) is 3.73. The van der Waals surface area contributed by atoms with Crippen LogP contribution in [0.2, 0.25) is 5.02 Å². The summed E-state index contributed by atoms with van der Waals surface area (Å²) in [6.07, 6.45) is 1.18. The van der Waals surface area contributed by atoms with Crippen LogP contribution >= 0.6 is 11.6 Å². The summed E-state index contributed by atoms with van der Waals surface area (Å²) in [7, 11) is -3.75. The molecule has 0 saturated heterocycles. The van der Waals surface area contributed by atoms with Gasteiger partial charge in [-0.2, -0.15) is 0 Å². The first-order chi connectivity index (χ1) is 9.79. The first-order valence-corrected chi connectivity index (χ1v) is 8.19. The number of anilines is 2. The molecule has 0 saturated carbocycles. The van der Waals surface area contributed by atoms with Crippen molar-refractivity contribution in [2.24, 2.45) is 0 Å². The highest BCUT2D eigenvalue weighted by Gasteiger charge is 2.16. The lowest BCUT2D eigenvalue weighted by atomic mass is 10.0. The maximum atomic E-state index is 12.3. The highest BCUT2D eigenvalue weighted by molar-refractivity contribution is 7.92. The van der Waals surface area contributed by atoms with Crippen molar-refractivity contribution in [3.05, 3.63) is 47.1 Å². The van der Waals surface area contributed by atoms with Crippen molar-refractivity contribution in [2.75, 3.05) is 10.5 Å². The number of nitrogens with zero attached hydrogens (tertiary/aromatic N) is 1. The molecule has 3 N–H and O–H groups in total. The summed E-state index contributed by atoms with van der Waals surface area (Å²) in [6, 6.07) is 8.52. The predicted octanol–water partition coefficient (Wildman–Crippen LogP) is 3.24. The Kier molecular flexibility index (Phi) is 4.39. The summed E-state index contributed by atoms with van der Waals surface area (Å²) in [5, 5.41) is 0.105. The maximum Gasteiger partial charge on any atom is 0.263 e. The largest absolute Gasteiger partial charge is 0.382 e. The van der Waals surface area contributed by atoms with Gasteiger partial charge >= 0.3 is 0 Å². The average molecular weight is 326 g/mol. The molecular weight excluding hydrogens is 310 g/mol. The minimum atomic E-state index is -3.75. The fraction of sp³-hybridized carbons (Fsp3) is 0.214. The van der Waals surface area contributed by atoms with Gasteiger partial charge in [0, 0.05) is 11.9 Å². The lowest BCUT2D eigenvalue weighted by Gasteiger charge is -2.11. The van der Waals surface area contributed by atoms with Crippen LogP contribution in [0.3, 0.4) is 0 Å². The van der Waals surface area contributed by atoms with Gasteiger partial charge in [0.2, 0.25) is 0 Å². The van der Waals surface area contributed by atoms with Gasteiger partial charge in [-0.15, -0.1) is 0 Å². The van der Waals surface area contributed by atoms with Gasteiger partial charge in [-0.25, -0.2) is 13.4 Å². The number of nitrogen functional groups attached to an aromatic ring is 1. The van der Waals surface area contributed by atoms with E-state index in [0.29, 0.717) is 11.6 Å². The Balaban J connectivity index is 2.33. The van der Waals surface area contributed by atoms with Gasteiger partial charge in [-0.3, -0.25) is 4.72 Å². The van der Waals surface area contributed by atoms with Crippen molar-refractivity contribution in [2.45, 2.75) is 24.7 Å². The molecule has 0 bridgehead atoms. The molecule has 0 unspecified atom stereocenters. The highest BCUT2D eigenvalue weighted by atomic mass is 35.5. The van der Waals surface area contributed by atoms with Gasteiger partial charge in [0.25, 0.3) is 10.0 Å². The number of sulfonamides is 1. The fourth-order valence-electron chi connectivity index (χ4n) is 1.75. The van der Waals surface area contributed by atoms with E-state index in [1.165, 1.54) is 12.3 Å². The number of hydrogen-bond donors (Lipinski definition) is 2. The van der Waals surface area contributed by atoms with Crippen LogP contribution in [0.5, 0.6) is 0 Å². The molecule has 0 atom stereocenters. The molecule has 112 valence electrons. The maximum absolute atomic E-state index is 12.3. The number of benzene rings is 1. The van der Waals surface area contributed by atoms with Crippen LogP contribution in [0.15, 0.2) is 41.4 Å². The second-order valence-corrected chi connectivity index (χ2v) is 7.01. The highest BCUT2D eigenvalue weighted by Crippen LogP contribution is 2.23. The number of rotatable bonds is 4. The third-order valence-electron chi connectivity index (χ3n) is 2.96. The number of nitrogens with two attached hydrogens (primary N) is 1. The van der Waals surface area contributed by atoms with Gasteiger partial charge in [-0.1, -0.05) is 37.6 Å². The van der Waals surface area contributed by atoms with Crippen molar-refractivity contribution in [3.63, 3.8) is 0 Å². The monoisotopic (exact) mass is 325 g/mol. The van der Waals surface area contributed by atoms with Crippen LogP contribution in [0.4, 0.5) is 11.5 Å². The molecular formula is C14H16ClN3O2S. The predicted molar refractivity (Wildman–Crippen MR) is 85.0 cm³/mol. The zero-order chi connectivity index (χ0) is 15.6. The Morgan fingerprint density at radius 1 is 1.29 bits per heavy atom. The summed E-state index contributed by atoms with van der Waals surface area (Å²) in [6.45, 7) is 4.08. The Morgan fingerprint density at radius 3 is 2.62 bits per heavy atom. The van der Waals surface area contributed by atoms with E-state index in [9.17, 15) is 8.42 Å². The number of halogens is 1. The van der Waals surface area contributed by atoms with Crippen LogP contribution in [0, 0.1) is 0 Å². The summed E-state index contributed by atoms with van der Waals surface area (Å²) in [5.74, 6) is 0.402. The third-order valence-corrected chi connectivity index (χ3v) is 4.61. The molecule has 2 aromatic rings. The van der Waals surface area contributed by atoms with Crippen LogP contribution in [0.25, 0.3) is 0 Å². The van der Waals surface area contributed by atoms with Crippen molar-refractivity contribution < 1.29 is 8.42 Å². The minimum absolute atomic E-state index is 0.0309. The zero-order valence-electron chi connectivity index (χ0n) is 11.7. The Bertz CT molecular complexity index is 761. The van der Waals surface area contributed by atoms with E-state index < -0.39 is 10.0 Å². The van der Waals surface area contributed by atoms with Crippen molar-refractivity contribution >= 4 is 33.1 Å². The zero-order valence-corrected chi connectivity index (χ0v) is 13.2. The van der Waals surface area contributed by atoms with Gasteiger partial charge < -0.3 is 5.73 Å². The standard InChI is InChI=1S/C14H16ClN3O2S/c1-9(2)10-4-3-5-11(6-10)18-21(19,20)12-7-13(15)14(16)17-8-12/h3-9,18H,1-2H3,(H2,16,17). The van der Waals surface area contributed by atoms with Crippen LogP contribution in [-0.2, 0) is 10.0 Å². The molecule has 0 fully saturated rings. The normalized spacial score (nSPS) is 11.6. The second kappa shape index (κ2) is 5.91. The van der Waals surface area contributed by atoms with Crippen LogP contribution in [-0.4, -0.2) is 13.4 Å². The number of nitrogens with one attached hydrogen (secondary N) is 1. The molecule has 5 nitrogen and oxygen atoms in total. The molecule has 7 heteroatoms.